The van der Waals surface area contributed by atoms with Gasteiger partial charge in [-0.2, -0.15) is 0 Å². The van der Waals surface area contributed by atoms with Gasteiger partial charge >= 0.3 is 12.0 Å². The molecule has 0 radical (unpaired) electrons. The highest BCUT2D eigenvalue weighted by atomic mass is 16.4. The van der Waals surface area contributed by atoms with E-state index < -0.39 is 12.0 Å². The van der Waals surface area contributed by atoms with Crippen LogP contribution in [0.5, 0.6) is 0 Å². The van der Waals surface area contributed by atoms with Crippen molar-refractivity contribution in [3.05, 3.63) is 24.0 Å². The molecular weight excluding hydrogens is 276 g/mol. The number of hydrogen-bond donors (Lipinski definition) is 3. The Kier molecular flexibility index (Phi) is 4.36. The van der Waals surface area contributed by atoms with E-state index in [2.05, 4.69) is 15.6 Å². The number of hydrogen-bond acceptors (Lipinski definition) is 4. The Morgan fingerprint density at radius 2 is 2.19 bits per heavy atom. The van der Waals surface area contributed by atoms with E-state index in [-0.39, 0.29) is 17.6 Å². The van der Waals surface area contributed by atoms with Crippen LogP contribution >= 0.6 is 0 Å². The minimum atomic E-state index is -1.12. The lowest BCUT2D eigenvalue weighted by atomic mass is 10.1. The summed E-state index contributed by atoms with van der Waals surface area (Å²) in [4.78, 5) is 39.1. The molecular formula is C13H16N4O4. The summed E-state index contributed by atoms with van der Waals surface area (Å²) in [7, 11) is 1.70. The summed E-state index contributed by atoms with van der Waals surface area (Å²) in [5.41, 5.74) is 0.311. The van der Waals surface area contributed by atoms with Gasteiger partial charge < -0.3 is 20.6 Å². The van der Waals surface area contributed by atoms with Crippen LogP contribution in [0, 0.1) is 0 Å². The number of nitrogens with zero attached hydrogens (tertiary/aromatic N) is 2. The molecule has 0 saturated carbocycles. The van der Waals surface area contributed by atoms with Crippen molar-refractivity contribution in [2.24, 2.45) is 0 Å². The van der Waals surface area contributed by atoms with Gasteiger partial charge in [-0.05, 0) is 18.6 Å². The molecule has 0 bridgehead atoms. The maximum absolute atomic E-state index is 11.8. The molecule has 1 unspecified atom stereocenters. The highest BCUT2D eigenvalue weighted by molar-refractivity contribution is 5.90. The predicted molar refractivity (Wildman–Crippen MR) is 74.0 cm³/mol. The van der Waals surface area contributed by atoms with Gasteiger partial charge in [-0.3, -0.25) is 4.79 Å². The number of likely N-dealkylation sites (N-methyl/N-ethyl adjacent to an activating group) is 1. The van der Waals surface area contributed by atoms with Crippen molar-refractivity contribution in [3.8, 4) is 0 Å². The summed E-state index contributed by atoms with van der Waals surface area (Å²) in [6, 6.07) is 2.27. The van der Waals surface area contributed by atoms with Gasteiger partial charge in [0, 0.05) is 26.1 Å². The summed E-state index contributed by atoms with van der Waals surface area (Å²) in [5.74, 6) is -1.05. The van der Waals surface area contributed by atoms with Crippen molar-refractivity contribution >= 4 is 23.6 Å². The first-order valence-corrected chi connectivity index (χ1v) is 6.46. The molecule has 1 fully saturated rings. The SMILES string of the molecule is CN1CC(NC(=O)Nc2ccc(C(=O)O)nc2)CCC1=O. The first kappa shape index (κ1) is 14.8. The highest BCUT2D eigenvalue weighted by Gasteiger charge is 2.23. The Labute approximate surface area is 121 Å². The number of carboxylic acids is 1. The van der Waals surface area contributed by atoms with E-state index in [1.165, 1.54) is 18.3 Å². The number of urea groups is 1. The molecule has 1 aromatic rings. The Morgan fingerprint density at radius 1 is 1.43 bits per heavy atom. The number of anilines is 1. The zero-order valence-electron chi connectivity index (χ0n) is 11.5. The zero-order valence-corrected chi connectivity index (χ0v) is 11.5. The monoisotopic (exact) mass is 292 g/mol. The number of nitrogens with one attached hydrogen (secondary N) is 2. The number of amides is 3. The molecule has 2 rings (SSSR count). The van der Waals surface area contributed by atoms with Gasteiger partial charge in [0.1, 0.15) is 5.69 Å². The van der Waals surface area contributed by atoms with Crippen LogP contribution in [0.15, 0.2) is 18.3 Å². The average molecular weight is 292 g/mol. The number of pyridine rings is 1. The second-order valence-corrected chi connectivity index (χ2v) is 4.85. The third kappa shape index (κ3) is 3.91. The number of carbonyl (C=O) groups is 3. The molecule has 1 aromatic heterocycles. The normalized spacial score (nSPS) is 18.2. The number of carboxylic acid groups (broad SMARTS) is 1. The molecule has 112 valence electrons. The van der Waals surface area contributed by atoms with Crippen molar-refractivity contribution in [3.63, 3.8) is 0 Å². The van der Waals surface area contributed by atoms with Crippen LogP contribution in [0.25, 0.3) is 0 Å². The van der Waals surface area contributed by atoms with Gasteiger partial charge in [-0.25, -0.2) is 14.6 Å². The average Bonchev–Trinajstić information content (AvgIpc) is 2.43. The van der Waals surface area contributed by atoms with E-state index in [9.17, 15) is 14.4 Å². The lowest BCUT2D eigenvalue weighted by molar-refractivity contribution is -0.132. The highest BCUT2D eigenvalue weighted by Crippen LogP contribution is 2.10. The van der Waals surface area contributed by atoms with Gasteiger partial charge in [0.15, 0.2) is 0 Å². The molecule has 1 atom stereocenters. The van der Waals surface area contributed by atoms with Crippen LogP contribution in [0.2, 0.25) is 0 Å². The minimum absolute atomic E-state index is 0.0712. The topological polar surface area (TPSA) is 112 Å². The molecule has 2 heterocycles. The third-order valence-electron chi connectivity index (χ3n) is 3.20. The third-order valence-corrected chi connectivity index (χ3v) is 3.20. The number of piperidine rings is 1. The molecule has 21 heavy (non-hydrogen) atoms. The smallest absolute Gasteiger partial charge is 0.354 e. The van der Waals surface area contributed by atoms with Gasteiger partial charge in [0.2, 0.25) is 5.91 Å². The Morgan fingerprint density at radius 3 is 2.76 bits per heavy atom. The van der Waals surface area contributed by atoms with Gasteiger partial charge in [0.05, 0.1) is 11.9 Å². The predicted octanol–water partition coefficient (Wildman–Crippen LogP) is 0.522. The van der Waals surface area contributed by atoms with E-state index in [1.54, 1.807) is 11.9 Å². The first-order valence-electron chi connectivity index (χ1n) is 6.46. The van der Waals surface area contributed by atoms with E-state index in [1.807, 2.05) is 0 Å². The van der Waals surface area contributed by atoms with E-state index in [0.717, 1.165) is 0 Å². The molecule has 0 spiro atoms. The lowest BCUT2D eigenvalue weighted by Crippen LogP contribution is -2.49. The second-order valence-electron chi connectivity index (χ2n) is 4.85. The Hall–Kier alpha value is -2.64. The molecule has 8 heteroatoms. The summed E-state index contributed by atoms with van der Waals surface area (Å²) in [5, 5.41) is 14.1. The second kappa shape index (κ2) is 6.21. The van der Waals surface area contributed by atoms with Crippen molar-refractivity contribution in [2.75, 3.05) is 18.9 Å². The quantitative estimate of drug-likeness (QED) is 0.752. The number of carbonyl (C=O) groups excluding carboxylic acids is 2. The summed E-state index contributed by atoms with van der Waals surface area (Å²) in [6.07, 6.45) is 2.29. The zero-order chi connectivity index (χ0) is 15.4. The molecule has 1 saturated heterocycles. The van der Waals surface area contributed by atoms with Crippen LogP contribution in [0.4, 0.5) is 10.5 Å². The van der Waals surface area contributed by atoms with E-state index >= 15 is 0 Å². The Bertz CT molecular complexity index is 558. The minimum Gasteiger partial charge on any atom is -0.477 e. The van der Waals surface area contributed by atoms with Crippen LogP contribution in [-0.2, 0) is 4.79 Å². The number of rotatable bonds is 3. The fourth-order valence-electron chi connectivity index (χ4n) is 2.08. The van der Waals surface area contributed by atoms with Crippen LogP contribution < -0.4 is 10.6 Å². The molecule has 1 aliphatic heterocycles. The first-order chi connectivity index (χ1) is 9.95. The van der Waals surface area contributed by atoms with Crippen molar-refractivity contribution in [2.45, 2.75) is 18.9 Å². The molecule has 0 aliphatic carbocycles. The standard InChI is InChI=1S/C13H16N4O4/c1-17-7-9(3-5-11(17)18)16-13(21)15-8-2-4-10(12(19)20)14-6-8/h2,4,6,9H,3,5,7H2,1H3,(H,19,20)(H2,15,16,21). The molecule has 0 aromatic carbocycles. The summed E-state index contributed by atoms with van der Waals surface area (Å²) < 4.78 is 0. The van der Waals surface area contributed by atoms with E-state index in [0.29, 0.717) is 25.1 Å². The Balaban J connectivity index is 1.87. The fraction of sp³-hybridized carbons (Fsp3) is 0.385. The van der Waals surface area contributed by atoms with Crippen molar-refractivity contribution in [1.29, 1.82) is 0 Å². The lowest BCUT2D eigenvalue weighted by Gasteiger charge is -2.30. The van der Waals surface area contributed by atoms with Crippen molar-refractivity contribution in [1.82, 2.24) is 15.2 Å². The largest absolute Gasteiger partial charge is 0.477 e. The molecule has 3 amide bonds. The summed E-state index contributed by atoms with van der Waals surface area (Å²) >= 11 is 0. The van der Waals surface area contributed by atoms with Crippen molar-refractivity contribution < 1.29 is 19.5 Å². The van der Waals surface area contributed by atoms with Gasteiger partial charge in [0.25, 0.3) is 0 Å². The van der Waals surface area contributed by atoms with Gasteiger partial charge in [-0.15, -0.1) is 0 Å². The maximum atomic E-state index is 11.8. The molecule has 1 aliphatic rings. The van der Waals surface area contributed by atoms with Crippen LogP contribution in [0.1, 0.15) is 23.3 Å². The number of aromatic carboxylic acids is 1. The van der Waals surface area contributed by atoms with Crippen LogP contribution in [-0.4, -0.2) is 52.5 Å². The maximum Gasteiger partial charge on any atom is 0.354 e. The number of likely N-dealkylation sites (tertiary alicyclic amines) is 1. The van der Waals surface area contributed by atoms with E-state index in [4.69, 9.17) is 5.11 Å². The number of aromatic nitrogens is 1. The fourth-order valence-corrected chi connectivity index (χ4v) is 2.08. The summed E-state index contributed by atoms with van der Waals surface area (Å²) in [6.45, 7) is 0.475. The molecule has 3 N–H and O–H groups in total. The molecule has 8 nitrogen and oxygen atoms in total. The van der Waals surface area contributed by atoms with Crippen LogP contribution in [0.3, 0.4) is 0 Å². The van der Waals surface area contributed by atoms with Gasteiger partial charge in [-0.1, -0.05) is 0 Å².